The molecule has 1 unspecified atom stereocenters. The number of nitrogens with one attached hydrogen (secondary N) is 1. The van der Waals surface area contributed by atoms with Gasteiger partial charge < -0.3 is 5.32 Å². The SMILES string of the molecule is O=C(NCCCc1nc2ccccc2s1)C1CCc2ncnn2C1. The highest BCUT2D eigenvalue weighted by atomic mass is 32.1. The van der Waals surface area contributed by atoms with Crippen LogP contribution in [0, 0.1) is 5.92 Å². The minimum atomic E-state index is 0.00153. The molecule has 1 atom stereocenters. The normalized spacial score (nSPS) is 16.9. The van der Waals surface area contributed by atoms with Gasteiger partial charge in [-0.25, -0.2) is 14.6 Å². The third-order valence-corrected chi connectivity index (χ3v) is 5.48. The van der Waals surface area contributed by atoms with E-state index in [-0.39, 0.29) is 11.8 Å². The smallest absolute Gasteiger partial charge is 0.224 e. The second-order valence-corrected chi connectivity index (χ2v) is 7.18. The van der Waals surface area contributed by atoms with E-state index in [4.69, 9.17) is 0 Å². The number of carbonyl (C=O) groups is 1. The summed E-state index contributed by atoms with van der Waals surface area (Å²) in [4.78, 5) is 21.1. The maximum Gasteiger partial charge on any atom is 0.224 e. The van der Waals surface area contributed by atoms with Crippen LogP contribution in [0.25, 0.3) is 10.2 Å². The molecule has 1 aliphatic rings. The highest BCUT2D eigenvalue weighted by Crippen LogP contribution is 2.22. The summed E-state index contributed by atoms with van der Waals surface area (Å²) in [7, 11) is 0. The number of carbonyl (C=O) groups excluding carboxylic acids is 1. The molecule has 0 spiro atoms. The van der Waals surface area contributed by atoms with Crippen LogP contribution in [-0.2, 0) is 24.2 Å². The summed E-state index contributed by atoms with van der Waals surface area (Å²) < 4.78 is 3.07. The topological polar surface area (TPSA) is 72.7 Å². The molecule has 0 fully saturated rings. The lowest BCUT2D eigenvalue weighted by molar-refractivity contribution is -0.126. The van der Waals surface area contributed by atoms with Crippen LogP contribution < -0.4 is 5.32 Å². The van der Waals surface area contributed by atoms with Crippen molar-refractivity contribution in [1.29, 1.82) is 0 Å². The van der Waals surface area contributed by atoms with Crippen molar-refractivity contribution in [2.24, 2.45) is 5.92 Å². The molecule has 0 bridgehead atoms. The molecule has 1 aromatic carbocycles. The molecule has 24 heavy (non-hydrogen) atoms. The number of hydrogen-bond donors (Lipinski definition) is 1. The van der Waals surface area contributed by atoms with Crippen LogP contribution in [0.2, 0.25) is 0 Å². The summed E-state index contributed by atoms with van der Waals surface area (Å²) in [6.45, 7) is 1.33. The molecule has 0 saturated carbocycles. The summed E-state index contributed by atoms with van der Waals surface area (Å²) in [6, 6.07) is 8.18. The van der Waals surface area contributed by atoms with Crippen LogP contribution in [-0.4, -0.2) is 32.2 Å². The zero-order valence-electron chi connectivity index (χ0n) is 13.3. The van der Waals surface area contributed by atoms with Gasteiger partial charge in [-0.15, -0.1) is 11.3 Å². The van der Waals surface area contributed by atoms with Gasteiger partial charge >= 0.3 is 0 Å². The van der Waals surface area contributed by atoms with Gasteiger partial charge in [0.15, 0.2) is 0 Å². The summed E-state index contributed by atoms with van der Waals surface area (Å²) >= 11 is 1.74. The first kappa shape index (κ1) is 15.3. The van der Waals surface area contributed by atoms with Crippen LogP contribution in [0.15, 0.2) is 30.6 Å². The van der Waals surface area contributed by atoms with Crippen LogP contribution in [0.4, 0.5) is 0 Å². The number of rotatable bonds is 5. The van der Waals surface area contributed by atoms with E-state index < -0.39 is 0 Å². The molecule has 1 aliphatic heterocycles. The van der Waals surface area contributed by atoms with E-state index in [2.05, 4.69) is 26.4 Å². The van der Waals surface area contributed by atoms with E-state index in [1.807, 2.05) is 22.9 Å². The Morgan fingerprint density at radius 1 is 1.38 bits per heavy atom. The molecule has 2 aromatic heterocycles. The van der Waals surface area contributed by atoms with E-state index in [0.717, 1.165) is 42.0 Å². The standard InChI is InChI=1S/C17H19N5OS/c23-17(12-7-8-15-19-11-20-22(15)10-12)18-9-3-6-16-21-13-4-1-2-5-14(13)24-16/h1-2,4-5,11-12H,3,6-10H2,(H,18,23). The van der Waals surface area contributed by atoms with Gasteiger partial charge in [0.1, 0.15) is 12.2 Å². The van der Waals surface area contributed by atoms with Crippen molar-refractivity contribution in [1.82, 2.24) is 25.1 Å². The minimum Gasteiger partial charge on any atom is -0.356 e. The first-order valence-electron chi connectivity index (χ1n) is 8.28. The summed E-state index contributed by atoms with van der Waals surface area (Å²) in [5.41, 5.74) is 1.06. The van der Waals surface area contributed by atoms with Crippen molar-refractivity contribution in [2.75, 3.05) is 6.54 Å². The number of nitrogens with zero attached hydrogens (tertiary/aromatic N) is 4. The van der Waals surface area contributed by atoms with Crippen molar-refractivity contribution in [2.45, 2.75) is 32.2 Å². The van der Waals surface area contributed by atoms with E-state index in [0.29, 0.717) is 13.1 Å². The van der Waals surface area contributed by atoms with E-state index in [1.165, 1.54) is 4.70 Å². The average molecular weight is 341 g/mol. The third-order valence-electron chi connectivity index (χ3n) is 4.38. The van der Waals surface area contributed by atoms with Crippen LogP contribution in [0.1, 0.15) is 23.7 Å². The third kappa shape index (κ3) is 3.17. The average Bonchev–Trinajstić information content (AvgIpc) is 3.23. The fourth-order valence-corrected chi connectivity index (χ4v) is 4.08. The zero-order chi connectivity index (χ0) is 16.4. The molecular formula is C17H19N5OS. The van der Waals surface area contributed by atoms with Gasteiger partial charge in [0.2, 0.25) is 5.91 Å². The molecule has 0 radical (unpaired) electrons. The van der Waals surface area contributed by atoms with Crippen molar-refractivity contribution in [3.8, 4) is 0 Å². The first-order chi connectivity index (χ1) is 11.8. The van der Waals surface area contributed by atoms with Gasteiger partial charge in [-0.2, -0.15) is 5.10 Å². The van der Waals surface area contributed by atoms with Crippen LogP contribution in [0.5, 0.6) is 0 Å². The van der Waals surface area contributed by atoms with E-state index >= 15 is 0 Å². The molecule has 7 heteroatoms. The van der Waals surface area contributed by atoms with Gasteiger partial charge in [-0.1, -0.05) is 12.1 Å². The van der Waals surface area contributed by atoms with Crippen LogP contribution >= 0.6 is 11.3 Å². The lowest BCUT2D eigenvalue weighted by Gasteiger charge is -2.21. The van der Waals surface area contributed by atoms with Gasteiger partial charge in [0, 0.05) is 19.4 Å². The number of aromatic nitrogens is 4. The predicted octanol–water partition coefficient (Wildman–Crippen LogP) is 2.20. The first-order valence-corrected chi connectivity index (χ1v) is 9.10. The van der Waals surface area contributed by atoms with Crippen molar-refractivity contribution >= 4 is 27.5 Å². The maximum atomic E-state index is 12.3. The Kier molecular flexibility index (Phi) is 4.25. The zero-order valence-corrected chi connectivity index (χ0v) is 14.1. The highest BCUT2D eigenvalue weighted by Gasteiger charge is 2.25. The van der Waals surface area contributed by atoms with Gasteiger partial charge in [-0.05, 0) is 25.0 Å². The quantitative estimate of drug-likeness (QED) is 0.722. The number of fused-ring (bicyclic) bond motifs is 2. The van der Waals surface area contributed by atoms with Crippen molar-refractivity contribution < 1.29 is 4.79 Å². The Balaban J connectivity index is 1.24. The number of hydrogen-bond acceptors (Lipinski definition) is 5. The van der Waals surface area contributed by atoms with Gasteiger partial charge in [0.25, 0.3) is 0 Å². The summed E-state index contributed by atoms with van der Waals surface area (Å²) in [5.74, 6) is 1.11. The molecule has 1 N–H and O–H groups in total. The van der Waals surface area contributed by atoms with Crippen molar-refractivity contribution in [3.05, 3.63) is 41.4 Å². The Bertz CT molecular complexity index is 822. The molecular weight excluding hydrogens is 322 g/mol. The largest absolute Gasteiger partial charge is 0.356 e. The number of para-hydroxylation sites is 1. The number of amides is 1. The second kappa shape index (κ2) is 6.68. The summed E-state index contributed by atoms with van der Waals surface area (Å²) in [6.07, 6.45) is 5.05. The molecule has 0 saturated heterocycles. The Labute approximate surface area is 143 Å². The lowest BCUT2D eigenvalue weighted by atomic mass is 9.99. The van der Waals surface area contributed by atoms with Gasteiger partial charge in [-0.3, -0.25) is 4.79 Å². The summed E-state index contributed by atoms with van der Waals surface area (Å²) in [5, 5.41) is 8.36. The molecule has 124 valence electrons. The second-order valence-electron chi connectivity index (χ2n) is 6.06. The highest BCUT2D eigenvalue weighted by molar-refractivity contribution is 7.18. The fourth-order valence-electron chi connectivity index (χ4n) is 3.07. The van der Waals surface area contributed by atoms with E-state index in [1.54, 1.807) is 17.7 Å². The van der Waals surface area contributed by atoms with Crippen molar-refractivity contribution in [3.63, 3.8) is 0 Å². The van der Waals surface area contributed by atoms with E-state index in [9.17, 15) is 4.79 Å². The number of aryl methyl sites for hydroxylation is 2. The van der Waals surface area contributed by atoms with Gasteiger partial charge in [0.05, 0.1) is 27.7 Å². The number of thiazole rings is 1. The van der Waals surface area contributed by atoms with Crippen LogP contribution in [0.3, 0.4) is 0 Å². The molecule has 4 rings (SSSR count). The molecule has 6 nitrogen and oxygen atoms in total. The fraction of sp³-hybridized carbons (Fsp3) is 0.412. The molecule has 1 amide bonds. The monoisotopic (exact) mass is 341 g/mol. The molecule has 0 aliphatic carbocycles. The molecule has 3 heterocycles. The molecule has 3 aromatic rings. The Morgan fingerprint density at radius 2 is 2.29 bits per heavy atom. The maximum absolute atomic E-state index is 12.3. The predicted molar refractivity (Wildman–Crippen MR) is 92.8 cm³/mol. The Hall–Kier alpha value is -2.28. The lowest BCUT2D eigenvalue weighted by Crippen LogP contribution is -2.36. The number of benzene rings is 1. The minimum absolute atomic E-state index is 0.00153. The Morgan fingerprint density at radius 3 is 3.21 bits per heavy atom.